The van der Waals surface area contributed by atoms with Crippen molar-refractivity contribution in [3.8, 4) is 11.3 Å². The molecule has 5 heteroatoms. The molecule has 1 amide bonds. The van der Waals surface area contributed by atoms with Crippen LogP contribution in [0.15, 0.2) is 72.8 Å². The van der Waals surface area contributed by atoms with E-state index in [0.29, 0.717) is 11.3 Å². The number of carbonyl (C=O) groups excluding carboxylic acids is 1. The summed E-state index contributed by atoms with van der Waals surface area (Å²) < 4.78 is 0. The molecule has 0 radical (unpaired) electrons. The second kappa shape index (κ2) is 7.79. The van der Waals surface area contributed by atoms with Gasteiger partial charge in [-0.2, -0.15) is 0 Å². The first-order valence-electron chi connectivity index (χ1n) is 9.55. The molecular weight excluding hydrogens is 376 g/mol. The predicted molar refractivity (Wildman–Crippen MR) is 118 cm³/mol. The number of nitrogens with one attached hydrogen (secondary N) is 1. The van der Waals surface area contributed by atoms with Crippen LogP contribution in [0.4, 0.5) is 5.69 Å². The molecule has 4 rings (SSSR count). The van der Waals surface area contributed by atoms with Gasteiger partial charge in [0.25, 0.3) is 5.91 Å². The quantitative estimate of drug-likeness (QED) is 0.479. The van der Waals surface area contributed by atoms with E-state index in [1.807, 2.05) is 62.4 Å². The maximum atomic E-state index is 13.3. The van der Waals surface area contributed by atoms with Crippen molar-refractivity contribution in [2.45, 2.75) is 13.8 Å². The molecular formula is C25H20N2O3. The number of carboxylic acid groups (broad SMARTS) is 1. The molecule has 0 saturated heterocycles. The van der Waals surface area contributed by atoms with Crippen molar-refractivity contribution in [1.29, 1.82) is 0 Å². The number of amides is 1. The van der Waals surface area contributed by atoms with Crippen LogP contribution in [0.5, 0.6) is 0 Å². The number of nitrogens with zero attached hydrogens (tertiary/aromatic N) is 1. The standard InChI is InChI=1S/C25H20N2O3/c1-15-7-9-17(10-8-15)23-16(2)22(20-5-3-4-6-21(20)27-23)24(28)26-19-13-11-18(12-14-19)25(29)30/h3-14H,1-2H3,(H,26,28)(H,29,30). The maximum absolute atomic E-state index is 13.3. The number of hydrogen-bond acceptors (Lipinski definition) is 3. The highest BCUT2D eigenvalue weighted by Gasteiger charge is 2.19. The van der Waals surface area contributed by atoms with Crippen LogP contribution in [0.2, 0.25) is 0 Å². The van der Waals surface area contributed by atoms with Gasteiger partial charge in [0.1, 0.15) is 0 Å². The van der Waals surface area contributed by atoms with Crippen LogP contribution in [0.3, 0.4) is 0 Å². The average molecular weight is 396 g/mol. The predicted octanol–water partition coefficient (Wildman–Crippen LogP) is 5.47. The van der Waals surface area contributed by atoms with Crippen molar-refractivity contribution in [2.24, 2.45) is 0 Å². The zero-order valence-corrected chi connectivity index (χ0v) is 16.6. The molecule has 0 aliphatic rings. The van der Waals surface area contributed by atoms with Gasteiger partial charge >= 0.3 is 5.97 Å². The van der Waals surface area contributed by atoms with Crippen molar-refractivity contribution in [1.82, 2.24) is 4.98 Å². The molecule has 30 heavy (non-hydrogen) atoms. The highest BCUT2D eigenvalue weighted by atomic mass is 16.4. The summed E-state index contributed by atoms with van der Waals surface area (Å²) in [5.41, 5.74) is 5.65. The summed E-state index contributed by atoms with van der Waals surface area (Å²) in [6, 6.07) is 21.7. The van der Waals surface area contributed by atoms with Crippen molar-refractivity contribution in [3.63, 3.8) is 0 Å². The normalized spacial score (nSPS) is 10.7. The van der Waals surface area contributed by atoms with E-state index >= 15 is 0 Å². The molecule has 3 aromatic carbocycles. The van der Waals surface area contributed by atoms with Crippen LogP contribution < -0.4 is 5.32 Å². The maximum Gasteiger partial charge on any atom is 0.335 e. The van der Waals surface area contributed by atoms with Gasteiger partial charge in [-0.15, -0.1) is 0 Å². The lowest BCUT2D eigenvalue weighted by Crippen LogP contribution is -2.15. The summed E-state index contributed by atoms with van der Waals surface area (Å²) in [5.74, 6) is -1.27. The summed E-state index contributed by atoms with van der Waals surface area (Å²) in [7, 11) is 0. The number of para-hydroxylation sites is 1. The number of rotatable bonds is 4. The first-order valence-corrected chi connectivity index (χ1v) is 9.55. The molecule has 148 valence electrons. The zero-order chi connectivity index (χ0) is 21.3. The summed E-state index contributed by atoms with van der Waals surface area (Å²) in [6.45, 7) is 3.93. The third-order valence-corrected chi connectivity index (χ3v) is 5.08. The fourth-order valence-corrected chi connectivity index (χ4v) is 3.48. The summed E-state index contributed by atoms with van der Waals surface area (Å²) in [4.78, 5) is 29.1. The van der Waals surface area contributed by atoms with Gasteiger partial charge in [0.15, 0.2) is 0 Å². The molecule has 0 aliphatic heterocycles. The third-order valence-electron chi connectivity index (χ3n) is 5.08. The number of anilines is 1. The Labute approximate surface area is 174 Å². The molecule has 0 unspecified atom stereocenters. The third kappa shape index (κ3) is 3.65. The number of benzene rings is 3. The SMILES string of the molecule is Cc1ccc(-c2nc3ccccc3c(C(=O)Nc3ccc(C(=O)O)cc3)c2C)cc1. The van der Waals surface area contributed by atoms with E-state index in [1.165, 1.54) is 12.1 Å². The zero-order valence-electron chi connectivity index (χ0n) is 16.6. The Bertz CT molecular complexity index is 1260. The molecule has 0 aliphatic carbocycles. The molecule has 4 aromatic rings. The van der Waals surface area contributed by atoms with Gasteiger partial charge < -0.3 is 10.4 Å². The van der Waals surface area contributed by atoms with E-state index in [9.17, 15) is 9.59 Å². The molecule has 0 bridgehead atoms. The van der Waals surface area contributed by atoms with Crippen LogP contribution >= 0.6 is 0 Å². The van der Waals surface area contributed by atoms with E-state index in [1.54, 1.807) is 12.1 Å². The molecule has 1 aromatic heterocycles. The largest absolute Gasteiger partial charge is 0.478 e. The van der Waals surface area contributed by atoms with E-state index < -0.39 is 5.97 Å². The summed E-state index contributed by atoms with van der Waals surface area (Å²) >= 11 is 0. The fraction of sp³-hybridized carbons (Fsp3) is 0.0800. The van der Waals surface area contributed by atoms with E-state index in [4.69, 9.17) is 10.1 Å². The molecule has 0 atom stereocenters. The lowest BCUT2D eigenvalue weighted by molar-refractivity contribution is 0.0696. The van der Waals surface area contributed by atoms with Gasteiger partial charge in [-0.1, -0.05) is 48.0 Å². The highest BCUT2D eigenvalue weighted by Crippen LogP contribution is 2.30. The molecule has 0 fully saturated rings. The van der Waals surface area contributed by atoms with Crippen molar-refractivity contribution in [2.75, 3.05) is 5.32 Å². The Morgan fingerprint density at radius 2 is 1.53 bits per heavy atom. The van der Waals surface area contributed by atoms with Crippen molar-refractivity contribution < 1.29 is 14.7 Å². The van der Waals surface area contributed by atoms with Crippen molar-refractivity contribution in [3.05, 3.63) is 95.1 Å². The highest BCUT2D eigenvalue weighted by molar-refractivity contribution is 6.14. The van der Waals surface area contributed by atoms with Crippen LogP contribution in [0, 0.1) is 13.8 Å². The van der Waals surface area contributed by atoms with Crippen LogP contribution in [-0.4, -0.2) is 22.0 Å². The van der Waals surface area contributed by atoms with E-state index in [0.717, 1.165) is 33.3 Å². The number of aromatic carboxylic acids is 1. The second-order valence-electron chi connectivity index (χ2n) is 7.18. The Morgan fingerprint density at radius 3 is 2.20 bits per heavy atom. The number of aromatic nitrogens is 1. The van der Waals surface area contributed by atoms with Gasteiger partial charge in [0.2, 0.25) is 0 Å². The fourth-order valence-electron chi connectivity index (χ4n) is 3.48. The molecule has 0 saturated carbocycles. The second-order valence-corrected chi connectivity index (χ2v) is 7.18. The Balaban J connectivity index is 1.80. The summed E-state index contributed by atoms with van der Waals surface area (Å²) in [5, 5.41) is 12.7. The van der Waals surface area contributed by atoms with E-state index in [2.05, 4.69) is 5.32 Å². The van der Waals surface area contributed by atoms with Crippen molar-refractivity contribution >= 4 is 28.5 Å². The number of hydrogen-bond donors (Lipinski definition) is 2. The summed E-state index contributed by atoms with van der Waals surface area (Å²) in [6.07, 6.45) is 0. The number of carboxylic acids is 1. The van der Waals surface area contributed by atoms with Gasteiger partial charge in [-0.05, 0) is 49.7 Å². The van der Waals surface area contributed by atoms with E-state index in [-0.39, 0.29) is 11.5 Å². The Kier molecular flexibility index (Phi) is 5.02. The number of aryl methyl sites for hydroxylation is 1. The smallest absolute Gasteiger partial charge is 0.335 e. The lowest BCUT2D eigenvalue weighted by Gasteiger charge is -2.15. The Hall–Kier alpha value is -3.99. The van der Waals surface area contributed by atoms with Crippen LogP contribution in [-0.2, 0) is 0 Å². The minimum atomic E-state index is -1.01. The minimum Gasteiger partial charge on any atom is -0.478 e. The minimum absolute atomic E-state index is 0.167. The molecule has 5 nitrogen and oxygen atoms in total. The topological polar surface area (TPSA) is 79.3 Å². The van der Waals surface area contributed by atoms with Gasteiger partial charge in [-0.3, -0.25) is 4.79 Å². The van der Waals surface area contributed by atoms with Gasteiger partial charge in [-0.25, -0.2) is 9.78 Å². The average Bonchev–Trinajstić information content (AvgIpc) is 2.74. The van der Waals surface area contributed by atoms with Crippen LogP contribution in [0.25, 0.3) is 22.2 Å². The molecule has 2 N–H and O–H groups in total. The molecule has 0 spiro atoms. The van der Waals surface area contributed by atoms with Gasteiger partial charge in [0.05, 0.1) is 22.3 Å². The number of fused-ring (bicyclic) bond motifs is 1. The first-order chi connectivity index (χ1) is 14.4. The number of carbonyl (C=O) groups is 2. The van der Waals surface area contributed by atoms with Crippen LogP contribution in [0.1, 0.15) is 31.8 Å². The van der Waals surface area contributed by atoms with Gasteiger partial charge in [0, 0.05) is 16.6 Å². The molecule has 1 heterocycles. The lowest BCUT2D eigenvalue weighted by atomic mass is 9.96. The Morgan fingerprint density at radius 1 is 0.867 bits per heavy atom. The number of pyridine rings is 1. The monoisotopic (exact) mass is 396 g/mol. The first kappa shape index (κ1) is 19.3.